The van der Waals surface area contributed by atoms with Crippen molar-refractivity contribution in [3.05, 3.63) is 28.8 Å². The normalized spacial score (nSPS) is 22.1. The van der Waals surface area contributed by atoms with Crippen molar-refractivity contribution in [2.75, 3.05) is 0 Å². The standard InChI is InChI=1S/C14H19FIN3O/c1-9(2)17-13(19-20)12-10(3)8-11(18-12)6-5-7-14(4,15)16/h8,12H,1,5-7H2,2-4H3/b17-13+/t12-,14+/m0/s1. The molecule has 0 spiro atoms. The van der Waals surface area contributed by atoms with Gasteiger partial charge in [-0.25, -0.2) is 9.38 Å². The van der Waals surface area contributed by atoms with Gasteiger partial charge in [0.1, 0.15) is 6.04 Å². The molecule has 1 rings (SSSR count). The van der Waals surface area contributed by atoms with E-state index < -0.39 is 9.72 Å². The van der Waals surface area contributed by atoms with Gasteiger partial charge in [0, 0.05) is 11.4 Å². The molecule has 20 heavy (non-hydrogen) atoms. The number of nitroso groups, excluding NO2 is 1. The molecular formula is C14H19FIN3O. The largest absolute Gasteiger partial charge is 0.274 e. The minimum absolute atomic E-state index is 0.130. The van der Waals surface area contributed by atoms with Crippen LogP contribution in [0.1, 0.15) is 40.0 Å². The molecule has 4 nitrogen and oxygen atoms in total. The highest BCUT2D eigenvalue weighted by molar-refractivity contribution is 14.1. The van der Waals surface area contributed by atoms with Gasteiger partial charge in [0.05, 0.1) is 0 Å². The van der Waals surface area contributed by atoms with E-state index in [1.54, 1.807) is 36.4 Å². The molecule has 0 aromatic rings. The molecule has 0 bridgehead atoms. The summed E-state index contributed by atoms with van der Waals surface area (Å²) >= 11 is 1.79. The molecule has 2 atom stereocenters. The van der Waals surface area contributed by atoms with Gasteiger partial charge in [-0.3, -0.25) is 4.99 Å². The summed E-state index contributed by atoms with van der Waals surface area (Å²) in [5.41, 5.74) is 2.32. The highest BCUT2D eigenvalue weighted by atomic mass is 127. The fraction of sp³-hybridized carbons (Fsp3) is 0.571. The van der Waals surface area contributed by atoms with Crippen molar-refractivity contribution in [1.82, 2.24) is 0 Å². The summed E-state index contributed by atoms with van der Waals surface area (Å²) in [6, 6.07) is -0.421. The molecular weight excluding hydrogens is 372 g/mol. The smallest absolute Gasteiger partial charge is 0.202 e. The summed E-state index contributed by atoms with van der Waals surface area (Å²) in [5.74, 6) is 0.130. The van der Waals surface area contributed by atoms with Crippen LogP contribution in [0.4, 0.5) is 4.39 Å². The molecule has 110 valence electrons. The molecule has 0 fully saturated rings. The van der Waals surface area contributed by atoms with Crippen LogP contribution in [-0.2, 0) is 0 Å². The maximum Gasteiger partial charge on any atom is 0.202 e. The van der Waals surface area contributed by atoms with Crippen LogP contribution in [0, 0.1) is 4.91 Å². The fourth-order valence-corrected chi connectivity index (χ4v) is 2.33. The van der Waals surface area contributed by atoms with E-state index in [1.165, 1.54) is 0 Å². The number of hydrogen-bond donors (Lipinski definition) is 0. The van der Waals surface area contributed by atoms with Gasteiger partial charge < -0.3 is 0 Å². The highest BCUT2D eigenvalue weighted by Crippen LogP contribution is 2.27. The minimum atomic E-state index is -1.19. The lowest BCUT2D eigenvalue weighted by atomic mass is 10.1. The average Bonchev–Trinajstić information content (AvgIpc) is 2.65. The molecule has 0 saturated carbocycles. The van der Waals surface area contributed by atoms with E-state index in [0.29, 0.717) is 25.0 Å². The number of hydrogen-bond acceptors (Lipinski definition) is 3. The lowest BCUT2D eigenvalue weighted by Crippen LogP contribution is -2.16. The Bertz CT molecular complexity index is 489. The van der Waals surface area contributed by atoms with Crippen LogP contribution in [0.3, 0.4) is 0 Å². The second-order valence-electron chi connectivity index (χ2n) is 5.13. The van der Waals surface area contributed by atoms with Gasteiger partial charge in [-0.15, -0.1) is 4.91 Å². The first-order valence-electron chi connectivity index (χ1n) is 6.43. The Labute approximate surface area is 132 Å². The Morgan fingerprint density at radius 3 is 2.80 bits per heavy atom. The van der Waals surface area contributed by atoms with E-state index in [1.807, 2.05) is 13.0 Å². The number of amidine groups is 1. The van der Waals surface area contributed by atoms with E-state index in [9.17, 15) is 9.30 Å². The zero-order valence-corrected chi connectivity index (χ0v) is 14.1. The predicted octanol–water partition coefficient (Wildman–Crippen LogP) is 4.75. The third kappa shape index (κ3) is 5.60. The van der Waals surface area contributed by atoms with Crippen LogP contribution in [-0.4, -0.2) is 21.3 Å². The number of halogens is 2. The maximum absolute atomic E-state index is 13.4. The van der Waals surface area contributed by atoms with Gasteiger partial charge in [-0.05, 0) is 79.5 Å². The van der Waals surface area contributed by atoms with Crippen LogP contribution in [0.15, 0.2) is 39.1 Å². The van der Waals surface area contributed by atoms with Gasteiger partial charge in [0.15, 0.2) is 3.68 Å². The molecule has 6 heteroatoms. The van der Waals surface area contributed by atoms with Crippen molar-refractivity contribution in [1.29, 1.82) is 0 Å². The first kappa shape index (κ1) is 17.1. The summed E-state index contributed by atoms with van der Waals surface area (Å²) in [6.07, 6.45) is 3.80. The first-order chi connectivity index (χ1) is 9.23. The van der Waals surface area contributed by atoms with E-state index in [2.05, 4.69) is 21.7 Å². The summed E-state index contributed by atoms with van der Waals surface area (Å²) in [4.78, 5) is 19.3. The van der Waals surface area contributed by atoms with Crippen molar-refractivity contribution in [3.8, 4) is 0 Å². The Balaban J connectivity index is 2.72. The van der Waals surface area contributed by atoms with Gasteiger partial charge >= 0.3 is 0 Å². The number of aliphatic imine (C=N–C) groups is 2. The summed E-state index contributed by atoms with van der Waals surface area (Å²) < 4.78 is 12.2. The van der Waals surface area contributed by atoms with Gasteiger partial charge in [-0.1, -0.05) is 6.58 Å². The van der Waals surface area contributed by atoms with Crippen LogP contribution in [0.2, 0.25) is 0 Å². The molecule has 0 aliphatic carbocycles. The molecule has 0 aromatic heterocycles. The van der Waals surface area contributed by atoms with Crippen molar-refractivity contribution in [3.63, 3.8) is 0 Å². The third-order valence-corrected chi connectivity index (χ3v) is 3.35. The molecule has 1 heterocycles. The number of allylic oxidation sites excluding steroid dienone is 2. The molecule has 1 aliphatic rings. The first-order valence-corrected chi connectivity index (χ1v) is 7.51. The van der Waals surface area contributed by atoms with Crippen LogP contribution < -0.4 is 0 Å². The minimum Gasteiger partial charge on any atom is -0.274 e. The molecule has 1 aliphatic heterocycles. The lowest BCUT2D eigenvalue weighted by Gasteiger charge is -2.10. The van der Waals surface area contributed by atoms with Gasteiger partial charge in [-0.2, -0.15) is 0 Å². The predicted molar refractivity (Wildman–Crippen MR) is 90.4 cm³/mol. The Morgan fingerprint density at radius 1 is 1.65 bits per heavy atom. The number of nitrogens with zero attached hydrogens (tertiary/aromatic N) is 3. The van der Waals surface area contributed by atoms with Crippen LogP contribution in [0.25, 0.3) is 0 Å². The monoisotopic (exact) mass is 391 g/mol. The summed E-state index contributed by atoms with van der Waals surface area (Å²) in [5, 5.41) is 2.94. The molecule has 0 amide bonds. The van der Waals surface area contributed by atoms with Crippen LogP contribution in [0.5, 0.6) is 0 Å². The zero-order valence-electron chi connectivity index (χ0n) is 12.0. The zero-order chi connectivity index (χ0) is 15.3. The third-order valence-electron chi connectivity index (χ3n) is 2.81. The highest BCUT2D eigenvalue weighted by Gasteiger charge is 2.24. The molecule has 0 aromatic carbocycles. The van der Waals surface area contributed by atoms with Crippen molar-refractivity contribution < 1.29 is 4.39 Å². The van der Waals surface area contributed by atoms with Gasteiger partial charge in [0.2, 0.25) is 5.84 Å². The van der Waals surface area contributed by atoms with E-state index in [0.717, 1.165) is 11.3 Å². The molecule has 0 radical (unpaired) electrons. The number of rotatable bonds is 6. The Hall–Kier alpha value is -0.920. The quantitative estimate of drug-likeness (QED) is 0.212. The van der Waals surface area contributed by atoms with Crippen molar-refractivity contribution >= 4 is 34.1 Å². The summed E-state index contributed by atoms with van der Waals surface area (Å²) in [6.45, 7) is 8.78. The van der Waals surface area contributed by atoms with Crippen molar-refractivity contribution in [2.24, 2.45) is 15.2 Å². The Kier molecular flexibility index (Phi) is 6.16. The topological polar surface area (TPSA) is 54.1 Å². The molecule has 0 saturated heterocycles. The Morgan fingerprint density at radius 2 is 2.30 bits per heavy atom. The second-order valence-corrected chi connectivity index (χ2v) is 7.38. The maximum atomic E-state index is 13.4. The van der Waals surface area contributed by atoms with Crippen molar-refractivity contribution in [2.45, 2.75) is 49.8 Å². The number of alkyl halides is 2. The SMILES string of the molecule is C=C(C)/N=C(/N=O)[C@H]1N=C(CCC[C@](C)(F)I)C=C1C. The van der Waals surface area contributed by atoms with E-state index in [4.69, 9.17) is 0 Å². The summed E-state index contributed by atoms with van der Waals surface area (Å²) in [7, 11) is 0. The van der Waals surface area contributed by atoms with E-state index >= 15 is 0 Å². The van der Waals surface area contributed by atoms with Crippen LogP contribution >= 0.6 is 22.6 Å². The fourth-order valence-electron chi connectivity index (χ4n) is 1.95. The van der Waals surface area contributed by atoms with Gasteiger partial charge in [0.25, 0.3) is 0 Å². The van der Waals surface area contributed by atoms with E-state index in [-0.39, 0.29) is 5.84 Å². The molecule has 0 unspecified atom stereocenters. The second kappa shape index (κ2) is 7.19. The average molecular weight is 391 g/mol. The molecule has 0 N–H and O–H groups in total. The lowest BCUT2D eigenvalue weighted by molar-refractivity contribution is 0.315.